The van der Waals surface area contributed by atoms with E-state index in [1.165, 1.54) is 25.9 Å². The van der Waals surface area contributed by atoms with E-state index in [0.29, 0.717) is 0 Å². The van der Waals surface area contributed by atoms with Crippen LogP contribution >= 0.6 is 0 Å². The maximum absolute atomic E-state index is 5.39. The molecule has 1 aliphatic rings. The van der Waals surface area contributed by atoms with Gasteiger partial charge >= 0.3 is 0 Å². The highest BCUT2D eigenvalue weighted by Crippen LogP contribution is 2.05. The van der Waals surface area contributed by atoms with Gasteiger partial charge < -0.3 is 5.73 Å². The minimum atomic E-state index is 0.799. The van der Waals surface area contributed by atoms with Gasteiger partial charge in [0, 0.05) is 6.42 Å². The summed E-state index contributed by atoms with van der Waals surface area (Å²) < 4.78 is 0. The SMILES string of the molecule is NCCCCC#CCN1CCCC1. The summed E-state index contributed by atoms with van der Waals surface area (Å²) in [6.07, 6.45) is 6.00. The fourth-order valence-electron chi connectivity index (χ4n) is 1.55. The van der Waals surface area contributed by atoms with Crippen molar-refractivity contribution in [1.29, 1.82) is 0 Å². The molecule has 0 aliphatic carbocycles. The number of hydrogen-bond donors (Lipinski definition) is 1. The smallest absolute Gasteiger partial charge is 0.0601 e. The second-order valence-corrected chi connectivity index (χ2v) is 3.58. The third-order valence-electron chi connectivity index (χ3n) is 2.38. The van der Waals surface area contributed by atoms with E-state index in [-0.39, 0.29) is 0 Å². The summed E-state index contributed by atoms with van der Waals surface area (Å²) in [7, 11) is 0. The molecule has 74 valence electrons. The van der Waals surface area contributed by atoms with Crippen LogP contribution in [-0.4, -0.2) is 31.1 Å². The predicted molar refractivity (Wildman–Crippen MR) is 56.4 cm³/mol. The zero-order valence-corrected chi connectivity index (χ0v) is 8.39. The first-order valence-electron chi connectivity index (χ1n) is 5.31. The number of likely N-dealkylation sites (tertiary alicyclic amines) is 1. The summed E-state index contributed by atoms with van der Waals surface area (Å²) in [5.74, 6) is 6.42. The molecule has 13 heavy (non-hydrogen) atoms. The molecule has 2 nitrogen and oxygen atoms in total. The minimum absolute atomic E-state index is 0.799. The van der Waals surface area contributed by atoms with E-state index >= 15 is 0 Å². The molecule has 0 saturated carbocycles. The van der Waals surface area contributed by atoms with Crippen molar-refractivity contribution >= 4 is 0 Å². The minimum Gasteiger partial charge on any atom is -0.330 e. The molecule has 1 aliphatic heterocycles. The van der Waals surface area contributed by atoms with Crippen LogP contribution in [0.2, 0.25) is 0 Å². The Balaban J connectivity index is 1.96. The number of hydrogen-bond acceptors (Lipinski definition) is 2. The molecule has 1 saturated heterocycles. The van der Waals surface area contributed by atoms with Crippen LogP contribution in [0, 0.1) is 11.8 Å². The molecule has 1 heterocycles. The standard InChI is InChI=1S/C11H20N2/c12-8-4-2-1-3-5-9-13-10-6-7-11-13/h1-2,4,6-12H2. The van der Waals surface area contributed by atoms with Gasteiger partial charge in [0.25, 0.3) is 0 Å². The Morgan fingerprint density at radius 3 is 2.54 bits per heavy atom. The maximum atomic E-state index is 5.39. The lowest BCUT2D eigenvalue weighted by Crippen LogP contribution is -2.18. The Morgan fingerprint density at radius 1 is 1.08 bits per heavy atom. The highest BCUT2D eigenvalue weighted by atomic mass is 15.1. The van der Waals surface area contributed by atoms with Gasteiger partial charge in [0.05, 0.1) is 6.54 Å². The quantitative estimate of drug-likeness (QED) is 0.520. The lowest BCUT2D eigenvalue weighted by Gasteiger charge is -2.08. The molecule has 0 unspecified atom stereocenters. The summed E-state index contributed by atoms with van der Waals surface area (Å²) in [5, 5.41) is 0. The summed E-state index contributed by atoms with van der Waals surface area (Å²) >= 11 is 0. The van der Waals surface area contributed by atoms with Crippen LogP contribution in [-0.2, 0) is 0 Å². The second kappa shape index (κ2) is 6.94. The molecule has 0 aromatic carbocycles. The fraction of sp³-hybridized carbons (Fsp3) is 0.818. The Bertz CT molecular complexity index is 172. The Morgan fingerprint density at radius 2 is 1.85 bits per heavy atom. The second-order valence-electron chi connectivity index (χ2n) is 3.58. The number of nitrogens with zero attached hydrogens (tertiary/aromatic N) is 1. The van der Waals surface area contributed by atoms with Crippen molar-refractivity contribution in [1.82, 2.24) is 4.90 Å². The molecular formula is C11H20N2. The van der Waals surface area contributed by atoms with Crippen LogP contribution in [0.15, 0.2) is 0 Å². The van der Waals surface area contributed by atoms with Gasteiger partial charge in [-0.25, -0.2) is 0 Å². The maximum Gasteiger partial charge on any atom is 0.0601 e. The Labute approximate surface area is 81.5 Å². The lowest BCUT2D eigenvalue weighted by atomic mass is 10.2. The normalized spacial score (nSPS) is 17.0. The van der Waals surface area contributed by atoms with Crippen LogP contribution in [0.1, 0.15) is 32.1 Å². The Hall–Kier alpha value is -0.520. The van der Waals surface area contributed by atoms with Crippen molar-refractivity contribution in [2.45, 2.75) is 32.1 Å². The first-order chi connectivity index (χ1) is 6.43. The van der Waals surface area contributed by atoms with E-state index in [0.717, 1.165) is 32.4 Å². The van der Waals surface area contributed by atoms with E-state index < -0.39 is 0 Å². The van der Waals surface area contributed by atoms with Crippen molar-refractivity contribution in [3.8, 4) is 11.8 Å². The van der Waals surface area contributed by atoms with Gasteiger partial charge in [-0.05, 0) is 45.3 Å². The van der Waals surface area contributed by atoms with Crippen molar-refractivity contribution < 1.29 is 0 Å². The van der Waals surface area contributed by atoms with Crippen molar-refractivity contribution in [2.75, 3.05) is 26.2 Å². The van der Waals surface area contributed by atoms with Crippen LogP contribution in [0.4, 0.5) is 0 Å². The van der Waals surface area contributed by atoms with Gasteiger partial charge in [0.15, 0.2) is 0 Å². The number of rotatable bonds is 4. The van der Waals surface area contributed by atoms with Crippen LogP contribution < -0.4 is 5.73 Å². The van der Waals surface area contributed by atoms with Gasteiger partial charge in [-0.15, -0.1) is 5.92 Å². The number of unbranched alkanes of at least 4 members (excludes halogenated alkanes) is 2. The molecule has 0 aromatic rings. The first-order valence-corrected chi connectivity index (χ1v) is 5.31. The van der Waals surface area contributed by atoms with Crippen LogP contribution in [0.5, 0.6) is 0 Å². The molecule has 1 rings (SSSR count). The van der Waals surface area contributed by atoms with Gasteiger partial charge in [0.2, 0.25) is 0 Å². The van der Waals surface area contributed by atoms with E-state index in [2.05, 4.69) is 16.7 Å². The summed E-state index contributed by atoms with van der Waals surface area (Å²) in [4.78, 5) is 2.43. The van der Waals surface area contributed by atoms with Crippen molar-refractivity contribution in [2.24, 2.45) is 5.73 Å². The first kappa shape index (κ1) is 10.6. The molecule has 1 fully saturated rings. The fourth-order valence-corrected chi connectivity index (χ4v) is 1.55. The van der Waals surface area contributed by atoms with Gasteiger partial charge in [-0.3, -0.25) is 4.90 Å². The molecule has 2 heteroatoms. The molecule has 0 radical (unpaired) electrons. The predicted octanol–water partition coefficient (Wildman–Crippen LogP) is 1.21. The number of nitrogens with two attached hydrogens (primary N) is 1. The zero-order valence-electron chi connectivity index (χ0n) is 8.39. The zero-order chi connectivity index (χ0) is 9.36. The summed E-state index contributed by atoms with van der Waals surface area (Å²) in [6, 6.07) is 0. The average Bonchev–Trinajstić information content (AvgIpc) is 2.63. The molecule has 0 spiro atoms. The third kappa shape index (κ3) is 4.92. The monoisotopic (exact) mass is 180 g/mol. The van der Waals surface area contributed by atoms with Gasteiger partial charge in [-0.1, -0.05) is 5.92 Å². The summed E-state index contributed by atoms with van der Waals surface area (Å²) in [5.41, 5.74) is 5.39. The lowest BCUT2D eigenvalue weighted by molar-refractivity contribution is 0.383. The van der Waals surface area contributed by atoms with Crippen LogP contribution in [0.25, 0.3) is 0 Å². The van der Waals surface area contributed by atoms with Crippen molar-refractivity contribution in [3.05, 3.63) is 0 Å². The van der Waals surface area contributed by atoms with E-state index in [9.17, 15) is 0 Å². The Kier molecular flexibility index (Phi) is 5.64. The van der Waals surface area contributed by atoms with Crippen molar-refractivity contribution in [3.63, 3.8) is 0 Å². The van der Waals surface area contributed by atoms with Gasteiger partial charge in [-0.2, -0.15) is 0 Å². The molecule has 0 bridgehead atoms. The molecule has 0 atom stereocenters. The summed E-state index contributed by atoms with van der Waals surface area (Å²) in [6.45, 7) is 4.27. The molecule has 0 aromatic heterocycles. The van der Waals surface area contributed by atoms with E-state index in [1.807, 2.05) is 0 Å². The largest absolute Gasteiger partial charge is 0.330 e. The highest BCUT2D eigenvalue weighted by molar-refractivity contribution is 5.01. The van der Waals surface area contributed by atoms with E-state index in [4.69, 9.17) is 5.73 Å². The average molecular weight is 180 g/mol. The highest BCUT2D eigenvalue weighted by Gasteiger charge is 2.08. The molecular weight excluding hydrogens is 160 g/mol. The van der Waals surface area contributed by atoms with Crippen LogP contribution in [0.3, 0.4) is 0 Å². The molecule has 2 N–H and O–H groups in total. The third-order valence-corrected chi connectivity index (χ3v) is 2.38. The van der Waals surface area contributed by atoms with Gasteiger partial charge in [0.1, 0.15) is 0 Å². The topological polar surface area (TPSA) is 29.3 Å². The van der Waals surface area contributed by atoms with E-state index in [1.54, 1.807) is 0 Å². The molecule has 0 amide bonds.